The third-order valence-electron chi connectivity index (χ3n) is 2.95. The lowest BCUT2D eigenvalue weighted by Gasteiger charge is -2.21. The number of fused-ring (bicyclic) bond motifs is 2. The summed E-state index contributed by atoms with van der Waals surface area (Å²) in [6.07, 6.45) is 0. The Morgan fingerprint density at radius 2 is 1.89 bits per heavy atom. The van der Waals surface area contributed by atoms with E-state index >= 15 is 0 Å². The zero-order chi connectivity index (χ0) is 12.5. The van der Waals surface area contributed by atoms with Crippen molar-refractivity contribution in [3.05, 3.63) is 48.0 Å². The van der Waals surface area contributed by atoms with Crippen molar-refractivity contribution in [2.75, 3.05) is 0 Å². The van der Waals surface area contributed by atoms with Crippen molar-refractivity contribution >= 4 is 11.8 Å². The van der Waals surface area contributed by atoms with Gasteiger partial charge in [0.25, 0.3) is 0 Å². The summed E-state index contributed by atoms with van der Waals surface area (Å²) < 4.78 is 5.84. The van der Waals surface area contributed by atoms with Crippen LogP contribution in [0.5, 0.6) is 11.5 Å². The van der Waals surface area contributed by atoms with E-state index in [-0.39, 0.29) is 6.04 Å². The summed E-state index contributed by atoms with van der Waals surface area (Å²) in [6, 6.07) is 13.8. The molecule has 0 amide bonds. The third kappa shape index (κ3) is 1.99. The van der Waals surface area contributed by atoms with Gasteiger partial charge in [0.1, 0.15) is 11.5 Å². The first-order chi connectivity index (χ1) is 8.78. The van der Waals surface area contributed by atoms with Crippen molar-refractivity contribution in [2.24, 2.45) is 0 Å². The van der Waals surface area contributed by atoms with Crippen LogP contribution in [0.3, 0.4) is 0 Å². The minimum Gasteiger partial charge on any atom is -0.455 e. The van der Waals surface area contributed by atoms with Crippen LogP contribution < -0.4 is 10.2 Å². The Balaban J connectivity index is 1.98. The molecule has 3 rings (SSSR count). The fourth-order valence-electron chi connectivity index (χ4n) is 1.89. The average molecular weight is 259 g/mol. The molecule has 0 spiro atoms. The molecule has 2 N–H and O–H groups in total. The first-order valence-electron chi connectivity index (χ1n) is 5.76. The van der Waals surface area contributed by atoms with E-state index in [1.165, 1.54) is 0 Å². The van der Waals surface area contributed by atoms with E-state index in [1.54, 1.807) is 11.8 Å². The normalized spacial score (nSPS) is 14.3. The van der Waals surface area contributed by atoms with Gasteiger partial charge in [-0.05, 0) is 36.8 Å². The first kappa shape index (κ1) is 11.6. The maximum absolute atomic E-state index is 8.96. The Labute approximate surface area is 110 Å². The number of ether oxygens (including phenoxy) is 1. The number of benzene rings is 2. The van der Waals surface area contributed by atoms with Crippen LogP contribution in [0.2, 0.25) is 0 Å². The monoisotopic (exact) mass is 259 g/mol. The maximum atomic E-state index is 8.96. The van der Waals surface area contributed by atoms with Gasteiger partial charge in [-0.25, -0.2) is 0 Å². The molecule has 0 aromatic heterocycles. The Morgan fingerprint density at radius 1 is 1.11 bits per heavy atom. The highest BCUT2D eigenvalue weighted by atomic mass is 32.2. The summed E-state index contributed by atoms with van der Waals surface area (Å²) in [4.78, 5) is 2.19. The van der Waals surface area contributed by atoms with Gasteiger partial charge < -0.3 is 9.94 Å². The Hall–Kier alpha value is -1.49. The Bertz CT molecular complexity index is 586. The van der Waals surface area contributed by atoms with E-state index < -0.39 is 0 Å². The molecule has 2 aromatic rings. The molecule has 1 aliphatic heterocycles. The molecular formula is C14H13NO2S. The first-order valence-corrected chi connectivity index (χ1v) is 6.58. The van der Waals surface area contributed by atoms with E-state index in [2.05, 4.69) is 5.48 Å². The molecule has 0 aliphatic carbocycles. The predicted octanol–water partition coefficient (Wildman–Crippen LogP) is 3.98. The van der Waals surface area contributed by atoms with Crippen LogP contribution in [0.4, 0.5) is 0 Å². The van der Waals surface area contributed by atoms with E-state index in [9.17, 15) is 0 Å². The third-order valence-corrected chi connectivity index (χ3v) is 4.05. The molecule has 1 unspecified atom stereocenters. The summed E-state index contributed by atoms with van der Waals surface area (Å²) in [5.74, 6) is 1.77. The Kier molecular flexibility index (Phi) is 2.99. The fraction of sp³-hybridized carbons (Fsp3) is 0.143. The smallest absolute Gasteiger partial charge is 0.141 e. The lowest BCUT2D eigenvalue weighted by molar-refractivity contribution is 0.133. The zero-order valence-electron chi connectivity index (χ0n) is 9.88. The van der Waals surface area contributed by atoms with Crippen LogP contribution in [-0.2, 0) is 0 Å². The highest BCUT2D eigenvalue weighted by molar-refractivity contribution is 7.99. The van der Waals surface area contributed by atoms with E-state index in [0.29, 0.717) is 0 Å². The van der Waals surface area contributed by atoms with Gasteiger partial charge in [0.05, 0.1) is 15.8 Å². The average Bonchev–Trinajstić information content (AvgIpc) is 2.43. The van der Waals surface area contributed by atoms with Gasteiger partial charge in [0.15, 0.2) is 0 Å². The summed E-state index contributed by atoms with van der Waals surface area (Å²) in [5.41, 5.74) is 3.29. The van der Waals surface area contributed by atoms with E-state index in [0.717, 1.165) is 26.9 Å². The van der Waals surface area contributed by atoms with Gasteiger partial charge in [-0.15, -0.1) is 0 Å². The van der Waals surface area contributed by atoms with Gasteiger partial charge in [-0.2, -0.15) is 5.48 Å². The standard InChI is InChI=1S/C14H13NO2S/c1-9(15-16)10-6-7-12-14(8-10)18-13-5-3-2-4-11(13)17-12/h2-9,15-16H,1H3. The zero-order valence-corrected chi connectivity index (χ0v) is 10.7. The van der Waals surface area contributed by atoms with Crippen LogP contribution in [0, 0.1) is 0 Å². The lowest BCUT2D eigenvalue weighted by Crippen LogP contribution is -2.13. The SMILES string of the molecule is CC(NO)c1ccc2c(c1)Sc1ccccc1O2. The van der Waals surface area contributed by atoms with Crippen LogP contribution >= 0.6 is 11.8 Å². The second kappa shape index (κ2) is 4.65. The largest absolute Gasteiger partial charge is 0.455 e. The van der Waals surface area contributed by atoms with Crippen LogP contribution in [0.1, 0.15) is 18.5 Å². The van der Waals surface area contributed by atoms with Gasteiger partial charge in [0, 0.05) is 0 Å². The molecule has 92 valence electrons. The molecule has 4 heteroatoms. The molecule has 0 bridgehead atoms. The van der Waals surface area contributed by atoms with Crippen LogP contribution in [0.25, 0.3) is 0 Å². The second-order valence-corrected chi connectivity index (χ2v) is 5.29. The van der Waals surface area contributed by atoms with Crippen molar-refractivity contribution in [2.45, 2.75) is 22.8 Å². The fourth-order valence-corrected chi connectivity index (χ4v) is 2.89. The number of rotatable bonds is 2. The van der Waals surface area contributed by atoms with Crippen molar-refractivity contribution in [1.29, 1.82) is 0 Å². The number of hydroxylamine groups is 1. The number of para-hydroxylation sites is 1. The van der Waals surface area contributed by atoms with Crippen molar-refractivity contribution < 1.29 is 9.94 Å². The van der Waals surface area contributed by atoms with Crippen molar-refractivity contribution in [1.82, 2.24) is 5.48 Å². The highest BCUT2D eigenvalue weighted by Crippen LogP contribution is 2.47. The molecule has 2 aromatic carbocycles. The topological polar surface area (TPSA) is 41.5 Å². The number of hydrogen-bond donors (Lipinski definition) is 2. The molecule has 1 heterocycles. The van der Waals surface area contributed by atoms with Gasteiger partial charge >= 0.3 is 0 Å². The number of nitrogens with one attached hydrogen (secondary N) is 1. The molecule has 0 fully saturated rings. The second-order valence-electron chi connectivity index (χ2n) is 4.21. The molecule has 0 radical (unpaired) electrons. The lowest BCUT2D eigenvalue weighted by atomic mass is 10.1. The summed E-state index contributed by atoms with van der Waals surface area (Å²) >= 11 is 1.69. The summed E-state index contributed by atoms with van der Waals surface area (Å²) in [7, 11) is 0. The molecular weight excluding hydrogens is 246 g/mol. The highest BCUT2D eigenvalue weighted by Gasteiger charge is 2.18. The van der Waals surface area contributed by atoms with Gasteiger partial charge in [-0.3, -0.25) is 0 Å². The van der Waals surface area contributed by atoms with E-state index in [4.69, 9.17) is 9.94 Å². The molecule has 0 saturated heterocycles. The molecule has 0 saturated carbocycles. The van der Waals surface area contributed by atoms with E-state index in [1.807, 2.05) is 49.4 Å². The van der Waals surface area contributed by atoms with Crippen LogP contribution in [0.15, 0.2) is 52.3 Å². The minimum atomic E-state index is -0.0897. The molecule has 1 aliphatic rings. The van der Waals surface area contributed by atoms with Gasteiger partial charge in [-0.1, -0.05) is 30.0 Å². The molecule has 3 nitrogen and oxygen atoms in total. The molecule has 18 heavy (non-hydrogen) atoms. The Morgan fingerprint density at radius 3 is 2.72 bits per heavy atom. The minimum absolute atomic E-state index is 0.0897. The van der Waals surface area contributed by atoms with Crippen molar-refractivity contribution in [3.63, 3.8) is 0 Å². The quantitative estimate of drug-likeness (QED) is 0.683. The predicted molar refractivity (Wildman–Crippen MR) is 70.4 cm³/mol. The summed E-state index contributed by atoms with van der Waals surface area (Å²) in [5, 5.41) is 8.96. The maximum Gasteiger partial charge on any atom is 0.141 e. The molecule has 1 atom stereocenters. The van der Waals surface area contributed by atoms with Crippen molar-refractivity contribution in [3.8, 4) is 11.5 Å². The van der Waals surface area contributed by atoms with Gasteiger partial charge in [0.2, 0.25) is 0 Å². The van der Waals surface area contributed by atoms with Crippen LogP contribution in [-0.4, -0.2) is 5.21 Å². The number of hydrogen-bond acceptors (Lipinski definition) is 4. The summed E-state index contributed by atoms with van der Waals surface area (Å²) in [6.45, 7) is 1.91.